The Morgan fingerprint density at radius 2 is 1.13 bits per heavy atom. The van der Waals surface area contributed by atoms with Gasteiger partial charge in [-0.3, -0.25) is 0 Å². The summed E-state index contributed by atoms with van der Waals surface area (Å²) in [5, 5.41) is 2.16. The summed E-state index contributed by atoms with van der Waals surface area (Å²) < 4.78 is 38.0. The van der Waals surface area contributed by atoms with Gasteiger partial charge in [-0.25, -0.2) is 0 Å². The largest absolute Gasteiger partial charge is 0.452 e. The maximum atomic E-state index is 14.6. The number of rotatable bonds is 5. The third-order valence-corrected chi connectivity index (χ3v) is 8.80. The van der Waals surface area contributed by atoms with Crippen molar-refractivity contribution in [3.8, 4) is 11.5 Å². The number of hydrogen-bond acceptors (Lipinski definition) is 5. The fraction of sp³-hybridized carbons (Fsp3) is 0.250. The summed E-state index contributed by atoms with van der Waals surface area (Å²) >= 11 is 0. The molecule has 1 heterocycles. The number of benzene rings is 3. The third-order valence-electron chi connectivity index (χ3n) is 5.74. The highest BCUT2D eigenvalue weighted by Crippen LogP contribution is 2.48. The molecule has 0 spiro atoms. The summed E-state index contributed by atoms with van der Waals surface area (Å²) in [5.41, 5.74) is 0. The second-order valence-corrected chi connectivity index (χ2v) is 10.2. The maximum absolute atomic E-state index is 14.6. The fourth-order valence-corrected chi connectivity index (χ4v) is 6.30. The molecule has 156 valence electrons. The summed E-state index contributed by atoms with van der Waals surface area (Å²) in [6.07, 6.45) is 0. The van der Waals surface area contributed by atoms with E-state index in [0.29, 0.717) is 16.8 Å². The Hall–Kier alpha value is -2.59. The number of methoxy groups -OCH3 is 2. The molecule has 0 saturated heterocycles. The van der Waals surface area contributed by atoms with Crippen LogP contribution in [0.25, 0.3) is 0 Å². The standard InChI is InChI=1S/C24H25O5P/c1-23(26-3)24(2,27-4)29-22-17-20(15-16-21(22)28-23)30(25,18-11-7-5-8-12-18)19-13-9-6-10-14-19/h5-17H,1-4H3. The van der Waals surface area contributed by atoms with E-state index in [2.05, 4.69) is 0 Å². The molecule has 1 aliphatic heterocycles. The lowest BCUT2D eigenvalue weighted by Crippen LogP contribution is -2.62. The van der Waals surface area contributed by atoms with Gasteiger partial charge >= 0.3 is 0 Å². The fourth-order valence-electron chi connectivity index (χ4n) is 3.64. The van der Waals surface area contributed by atoms with Crippen LogP contribution in [-0.2, 0) is 14.0 Å². The van der Waals surface area contributed by atoms with Crippen molar-refractivity contribution < 1.29 is 23.5 Å². The molecule has 0 saturated carbocycles. The van der Waals surface area contributed by atoms with E-state index in [0.717, 1.165) is 10.6 Å². The van der Waals surface area contributed by atoms with Crippen molar-refractivity contribution in [1.29, 1.82) is 0 Å². The zero-order valence-corrected chi connectivity index (χ0v) is 18.4. The lowest BCUT2D eigenvalue weighted by molar-refractivity contribution is -0.345. The average Bonchev–Trinajstić information content (AvgIpc) is 2.80. The second kappa shape index (κ2) is 7.59. The van der Waals surface area contributed by atoms with E-state index in [1.54, 1.807) is 33.1 Å². The van der Waals surface area contributed by atoms with Crippen LogP contribution >= 0.6 is 7.14 Å². The molecule has 0 radical (unpaired) electrons. The van der Waals surface area contributed by atoms with Crippen LogP contribution in [0.4, 0.5) is 0 Å². The molecule has 0 N–H and O–H groups in total. The second-order valence-electron chi connectivity index (χ2n) is 7.42. The molecule has 3 aromatic carbocycles. The molecule has 0 aromatic heterocycles. The van der Waals surface area contributed by atoms with E-state index < -0.39 is 18.7 Å². The molecule has 2 atom stereocenters. The van der Waals surface area contributed by atoms with Gasteiger partial charge in [0.05, 0.1) is 0 Å². The van der Waals surface area contributed by atoms with Crippen molar-refractivity contribution in [2.75, 3.05) is 14.2 Å². The third kappa shape index (κ3) is 3.14. The van der Waals surface area contributed by atoms with Crippen LogP contribution in [0.3, 0.4) is 0 Å². The highest BCUT2D eigenvalue weighted by molar-refractivity contribution is 7.85. The zero-order chi connectivity index (χ0) is 21.4. The lowest BCUT2D eigenvalue weighted by Gasteiger charge is -2.46. The van der Waals surface area contributed by atoms with E-state index in [4.69, 9.17) is 18.9 Å². The Morgan fingerprint density at radius 3 is 1.60 bits per heavy atom. The molecule has 1 aliphatic rings. The lowest BCUT2D eigenvalue weighted by atomic mass is 10.1. The molecule has 0 fully saturated rings. The summed E-state index contributed by atoms with van der Waals surface area (Å²) in [4.78, 5) is 0. The molecule has 30 heavy (non-hydrogen) atoms. The van der Waals surface area contributed by atoms with Gasteiger partial charge in [0, 0.05) is 44.0 Å². The van der Waals surface area contributed by atoms with Gasteiger partial charge in [-0.2, -0.15) is 0 Å². The Labute approximate surface area is 176 Å². The predicted molar refractivity (Wildman–Crippen MR) is 118 cm³/mol. The van der Waals surface area contributed by atoms with Crippen LogP contribution in [0.1, 0.15) is 13.8 Å². The molecule has 4 rings (SSSR count). The van der Waals surface area contributed by atoms with Crippen molar-refractivity contribution in [2.45, 2.75) is 25.4 Å². The van der Waals surface area contributed by atoms with Gasteiger partial charge in [-0.15, -0.1) is 0 Å². The van der Waals surface area contributed by atoms with Gasteiger partial charge in [-0.05, 0) is 18.2 Å². The smallest absolute Gasteiger partial charge is 0.273 e. The van der Waals surface area contributed by atoms with Gasteiger partial charge in [-0.1, -0.05) is 60.7 Å². The van der Waals surface area contributed by atoms with Gasteiger partial charge in [0.1, 0.15) is 0 Å². The highest BCUT2D eigenvalue weighted by atomic mass is 31.2. The Bertz CT molecular complexity index is 1040. The molecule has 0 bridgehead atoms. The van der Waals surface area contributed by atoms with Gasteiger partial charge in [0.2, 0.25) is 0 Å². The Morgan fingerprint density at radius 1 is 0.667 bits per heavy atom. The zero-order valence-electron chi connectivity index (χ0n) is 17.5. The van der Waals surface area contributed by atoms with Gasteiger partial charge < -0.3 is 23.5 Å². The minimum atomic E-state index is -3.12. The predicted octanol–water partition coefficient (Wildman–Crippen LogP) is 3.82. The van der Waals surface area contributed by atoms with Crippen LogP contribution in [0.2, 0.25) is 0 Å². The molecule has 3 aromatic rings. The first kappa shape index (κ1) is 20.7. The summed E-state index contributed by atoms with van der Waals surface area (Å²) in [7, 11) is -0.0432. The van der Waals surface area contributed by atoms with Crippen molar-refractivity contribution in [1.82, 2.24) is 0 Å². The highest BCUT2D eigenvalue weighted by Gasteiger charge is 2.54. The molecule has 6 heteroatoms. The van der Waals surface area contributed by atoms with Gasteiger partial charge in [0.25, 0.3) is 11.6 Å². The molecule has 5 nitrogen and oxygen atoms in total. The van der Waals surface area contributed by atoms with Crippen LogP contribution in [0.15, 0.2) is 78.9 Å². The first-order chi connectivity index (χ1) is 14.4. The van der Waals surface area contributed by atoms with Crippen LogP contribution in [0, 0.1) is 0 Å². The topological polar surface area (TPSA) is 54.0 Å². The van der Waals surface area contributed by atoms with E-state index in [1.807, 2.05) is 66.7 Å². The maximum Gasteiger partial charge on any atom is 0.273 e. The summed E-state index contributed by atoms with van der Waals surface area (Å²) in [5.74, 6) is -1.36. The van der Waals surface area contributed by atoms with Crippen molar-refractivity contribution in [3.63, 3.8) is 0 Å². The minimum Gasteiger partial charge on any atom is -0.452 e. The van der Waals surface area contributed by atoms with E-state index in [-0.39, 0.29) is 0 Å². The monoisotopic (exact) mass is 424 g/mol. The van der Waals surface area contributed by atoms with Crippen LogP contribution < -0.4 is 25.4 Å². The Balaban J connectivity index is 1.88. The van der Waals surface area contributed by atoms with Crippen molar-refractivity contribution in [2.24, 2.45) is 0 Å². The van der Waals surface area contributed by atoms with E-state index >= 15 is 0 Å². The number of ether oxygens (including phenoxy) is 4. The van der Waals surface area contributed by atoms with Crippen LogP contribution in [-0.4, -0.2) is 25.8 Å². The van der Waals surface area contributed by atoms with Gasteiger partial charge in [0.15, 0.2) is 18.6 Å². The SMILES string of the molecule is COC1(C)Oc2ccc(P(=O)(c3ccccc3)c3ccccc3)cc2OC1(C)OC. The number of hydrogen-bond donors (Lipinski definition) is 0. The molecule has 0 amide bonds. The van der Waals surface area contributed by atoms with E-state index in [9.17, 15) is 4.57 Å². The van der Waals surface area contributed by atoms with Crippen molar-refractivity contribution >= 4 is 23.1 Å². The number of fused-ring (bicyclic) bond motifs is 1. The normalized spacial score (nSPS) is 23.2. The van der Waals surface area contributed by atoms with E-state index in [1.165, 1.54) is 7.11 Å². The first-order valence-corrected chi connectivity index (χ1v) is 11.4. The molecule has 2 unspecified atom stereocenters. The Kier molecular flexibility index (Phi) is 5.23. The molecular formula is C24H25O5P. The summed E-state index contributed by atoms with van der Waals surface area (Å²) in [6.45, 7) is 3.51. The first-order valence-electron chi connectivity index (χ1n) is 9.70. The average molecular weight is 424 g/mol. The summed E-state index contributed by atoms with van der Waals surface area (Å²) in [6, 6.07) is 24.4. The molecular weight excluding hydrogens is 399 g/mol. The van der Waals surface area contributed by atoms with Crippen LogP contribution in [0.5, 0.6) is 11.5 Å². The van der Waals surface area contributed by atoms with Crippen molar-refractivity contribution in [3.05, 3.63) is 78.9 Å². The quantitative estimate of drug-likeness (QED) is 0.583. The minimum absolute atomic E-state index is 0.457. The molecule has 0 aliphatic carbocycles.